The second-order valence-electron chi connectivity index (χ2n) is 6.32. The molecule has 0 spiro atoms. The summed E-state index contributed by atoms with van der Waals surface area (Å²) in [5.74, 6) is 0.342. The van der Waals surface area contributed by atoms with Crippen LogP contribution in [-0.2, 0) is 23.1 Å². The third-order valence-corrected chi connectivity index (χ3v) is 7.53. The van der Waals surface area contributed by atoms with Crippen molar-refractivity contribution >= 4 is 25.3 Å². The normalized spacial score (nSPS) is 13.6. The molecule has 1 aromatic rings. The van der Waals surface area contributed by atoms with Crippen molar-refractivity contribution in [2.75, 3.05) is 31.7 Å². The lowest BCUT2D eigenvalue weighted by Gasteiger charge is -2.20. The van der Waals surface area contributed by atoms with Gasteiger partial charge in [-0.1, -0.05) is 36.4 Å². The Bertz CT molecular complexity index is 629. The van der Waals surface area contributed by atoms with Crippen LogP contribution in [0.4, 0.5) is 0 Å². The maximum Gasteiger partial charge on any atom is 0.330 e. The maximum atomic E-state index is 12.6. The van der Waals surface area contributed by atoms with Gasteiger partial charge in [0.05, 0.1) is 32.4 Å². The topological polar surface area (TPSA) is 82.1 Å². The highest BCUT2D eigenvalue weighted by Crippen LogP contribution is 2.49. The van der Waals surface area contributed by atoms with E-state index in [1.54, 1.807) is 31.7 Å². The molecule has 0 fully saturated rings. The van der Waals surface area contributed by atoms with Crippen LogP contribution >= 0.6 is 19.4 Å². The van der Waals surface area contributed by atoms with Crippen LogP contribution in [-0.4, -0.2) is 48.9 Å². The van der Waals surface area contributed by atoms with Gasteiger partial charge in [-0.05, 0) is 31.6 Å². The van der Waals surface area contributed by atoms with Crippen LogP contribution in [0.15, 0.2) is 43.0 Å². The van der Waals surface area contributed by atoms with E-state index in [1.807, 2.05) is 30.3 Å². The van der Waals surface area contributed by atoms with Crippen molar-refractivity contribution in [3.63, 3.8) is 0 Å². The first-order valence-electron chi connectivity index (χ1n) is 9.93. The molecule has 1 N–H and O–H groups in total. The summed E-state index contributed by atoms with van der Waals surface area (Å²) < 4.78 is 28.6. The predicted molar refractivity (Wildman–Crippen MR) is 118 cm³/mol. The molecular weight excluding hydrogens is 411 g/mol. The first kappa shape index (κ1) is 25.9. The molecule has 0 saturated heterocycles. The highest BCUT2D eigenvalue weighted by Gasteiger charge is 2.24. The molecule has 0 aliphatic carbocycles. The second-order valence-corrected chi connectivity index (χ2v) is 9.81. The third kappa shape index (κ3) is 10.5. The van der Waals surface area contributed by atoms with Crippen LogP contribution in [0.2, 0.25) is 0 Å². The van der Waals surface area contributed by atoms with Gasteiger partial charge in [-0.15, -0.1) is 6.58 Å². The van der Waals surface area contributed by atoms with Crippen molar-refractivity contribution in [3.05, 3.63) is 48.6 Å². The van der Waals surface area contributed by atoms with Gasteiger partial charge in [-0.3, -0.25) is 9.36 Å². The Labute approximate surface area is 178 Å². The summed E-state index contributed by atoms with van der Waals surface area (Å²) >= 11 is 1.61. The molecule has 0 bridgehead atoms. The zero-order valence-corrected chi connectivity index (χ0v) is 19.0. The van der Waals surface area contributed by atoms with E-state index in [9.17, 15) is 14.5 Å². The number of carbonyl (C=O) groups is 1. The lowest BCUT2D eigenvalue weighted by molar-refractivity contribution is -0.150. The number of thioether (sulfide) groups is 1. The summed E-state index contributed by atoms with van der Waals surface area (Å²) in [6.07, 6.45) is 2.65. The average molecular weight is 445 g/mol. The Morgan fingerprint density at radius 1 is 1.24 bits per heavy atom. The lowest BCUT2D eigenvalue weighted by Crippen LogP contribution is -2.22. The number of aliphatic hydroxyl groups excluding tert-OH is 1. The Kier molecular flexibility index (Phi) is 13.2. The van der Waals surface area contributed by atoms with Gasteiger partial charge in [0.2, 0.25) is 0 Å². The molecule has 29 heavy (non-hydrogen) atoms. The molecule has 0 radical (unpaired) electrons. The van der Waals surface area contributed by atoms with E-state index < -0.39 is 13.7 Å². The van der Waals surface area contributed by atoms with Crippen molar-refractivity contribution in [2.45, 2.75) is 44.5 Å². The number of hydrogen-bond acceptors (Lipinski definition) is 7. The highest BCUT2D eigenvalue weighted by atomic mass is 32.2. The smallest absolute Gasteiger partial charge is 0.330 e. The molecule has 2 atom stereocenters. The molecule has 2 unspecified atom stereocenters. The minimum Gasteiger partial charge on any atom is -0.460 e. The number of aliphatic hydroxyl groups is 1. The van der Waals surface area contributed by atoms with Gasteiger partial charge < -0.3 is 18.9 Å². The molecule has 0 saturated carbocycles. The fourth-order valence-corrected chi connectivity index (χ4v) is 5.79. The van der Waals surface area contributed by atoms with Gasteiger partial charge in [0.1, 0.15) is 6.10 Å². The zero-order chi connectivity index (χ0) is 21.5. The minimum atomic E-state index is -3.05. The van der Waals surface area contributed by atoms with Gasteiger partial charge in [0.25, 0.3) is 0 Å². The standard InChI is InChI=1S/C21H33O6PS/c1-4-11-19(17-22)27-21(23)16-20(18-12-8-7-9-13-18)29-15-10-14-28(24,25-5-2)26-6-3/h4,7-9,12-13,19-20,22H,1,5-6,10-11,14-17H2,2-3H3. The number of hydrogen-bond donors (Lipinski definition) is 1. The first-order valence-corrected chi connectivity index (χ1v) is 12.7. The molecule has 8 heteroatoms. The number of esters is 1. The predicted octanol–water partition coefficient (Wildman–Crippen LogP) is 4.99. The van der Waals surface area contributed by atoms with Crippen LogP contribution in [0.25, 0.3) is 0 Å². The highest BCUT2D eigenvalue weighted by molar-refractivity contribution is 7.99. The van der Waals surface area contributed by atoms with Crippen molar-refractivity contribution in [1.29, 1.82) is 0 Å². The lowest BCUT2D eigenvalue weighted by atomic mass is 10.1. The van der Waals surface area contributed by atoms with E-state index in [-0.39, 0.29) is 24.2 Å². The Morgan fingerprint density at radius 3 is 2.45 bits per heavy atom. The van der Waals surface area contributed by atoms with Crippen LogP contribution in [0.3, 0.4) is 0 Å². The maximum absolute atomic E-state index is 12.6. The molecule has 0 aliphatic heterocycles. The fraction of sp³-hybridized carbons (Fsp3) is 0.571. The van der Waals surface area contributed by atoms with Crippen molar-refractivity contribution in [2.24, 2.45) is 0 Å². The Hall–Kier alpha value is -1.11. The van der Waals surface area contributed by atoms with E-state index in [2.05, 4.69) is 6.58 Å². The summed E-state index contributed by atoms with van der Waals surface area (Å²) in [6, 6.07) is 9.74. The summed E-state index contributed by atoms with van der Waals surface area (Å²) in [5, 5.41) is 9.22. The molecule has 0 aliphatic rings. The second kappa shape index (κ2) is 14.8. The van der Waals surface area contributed by atoms with Crippen molar-refractivity contribution in [3.8, 4) is 0 Å². The Balaban J connectivity index is 2.66. The number of benzene rings is 1. The molecule has 0 aromatic heterocycles. The Morgan fingerprint density at radius 2 is 1.90 bits per heavy atom. The van der Waals surface area contributed by atoms with E-state index >= 15 is 0 Å². The largest absolute Gasteiger partial charge is 0.460 e. The monoisotopic (exact) mass is 444 g/mol. The average Bonchev–Trinajstić information content (AvgIpc) is 2.71. The van der Waals surface area contributed by atoms with Crippen LogP contribution in [0.1, 0.15) is 43.9 Å². The van der Waals surface area contributed by atoms with Gasteiger partial charge in [0, 0.05) is 11.7 Å². The number of carbonyl (C=O) groups excluding carboxylic acids is 1. The van der Waals surface area contributed by atoms with Gasteiger partial charge in [-0.25, -0.2) is 0 Å². The molecular formula is C21H33O6PS. The van der Waals surface area contributed by atoms with E-state index in [1.165, 1.54) is 0 Å². The molecule has 0 heterocycles. The van der Waals surface area contributed by atoms with Crippen LogP contribution < -0.4 is 0 Å². The molecule has 6 nitrogen and oxygen atoms in total. The summed E-state index contributed by atoms with van der Waals surface area (Å²) in [4.78, 5) is 12.4. The fourth-order valence-electron chi connectivity index (χ4n) is 2.72. The molecule has 0 amide bonds. The van der Waals surface area contributed by atoms with E-state index in [0.29, 0.717) is 38.0 Å². The molecule has 1 aromatic carbocycles. The quantitative estimate of drug-likeness (QED) is 0.166. The zero-order valence-electron chi connectivity index (χ0n) is 17.3. The molecule has 164 valence electrons. The van der Waals surface area contributed by atoms with Crippen LogP contribution in [0, 0.1) is 0 Å². The number of rotatable bonds is 16. The van der Waals surface area contributed by atoms with Gasteiger partial charge in [-0.2, -0.15) is 11.8 Å². The third-order valence-electron chi connectivity index (χ3n) is 4.00. The minimum absolute atomic E-state index is 0.0923. The van der Waals surface area contributed by atoms with E-state index in [4.69, 9.17) is 13.8 Å². The van der Waals surface area contributed by atoms with E-state index in [0.717, 1.165) is 5.56 Å². The summed E-state index contributed by atoms with van der Waals surface area (Å²) in [5.41, 5.74) is 1.02. The summed E-state index contributed by atoms with van der Waals surface area (Å²) in [6.45, 7) is 7.66. The molecule has 1 rings (SSSR count). The van der Waals surface area contributed by atoms with Gasteiger partial charge >= 0.3 is 13.6 Å². The van der Waals surface area contributed by atoms with Crippen molar-refractivity contribution in [1.82, 2.24) is 0 Å². The van der Waals surface area contributed by atoms with Gasteiger partial charge in [0.15, 0.2) is 0 Å². The SMILES string of the molecule is C=CCC(CO)OC(=O)CC(SCCCP(=O)(OCC)OCC)c1ccccc1. The number of ether oxygens (including phenoxy) is 1. The van der Waals surface area contributed by atoms with Crippen LogP contribution in [0.5, 0.6) is 0 Å². The first-order chi connectivity index (χ1) is 14.0. The summed E-state index contributed by atoms with van der Waals surface area (Å²) in [7, 11) is -3.05. The van der Waals surface area contributed by atoms with Crippen molar-refractivity contribution < 1.29 is 28.3 Å².